The fourth-order valence-electron chi connectivity index (χ4n) is 1.80. The van der Waals surface area contributed by atoms with Crippen LogP contribution in [-0.4, -0.2) is 30.9 Å². The lowest BCUT2D eigenvalue weighted by molar-refractivity contribution is -0.119. The molecule has 0 fully saturated rings. The van der Waals surface area contributed by atoms with Crippen LogP contribution in [0.3, 0.4) is 0 Å². The predicted octanol–water partition coefficient (Wildman–Crippen LogP) is 2.73. The molecule has 0 saturated heterocycles. The van der Waals surface area contributed by atoms with Crippen LogP contribution >= 0.6 is 15.9 Å². The van der Waals surface area contributed by atoms with E-state index in [0.717, 1.165) is 10.2 Å². The number of hydrogen-bond donors (Lipinski definition) is 3. The van der Waals surface area contributed by atoms with Crippen molar-refractivity contribution in [3.8, 4) is 11.5 Å². The normalized spacial score (nSPS) is 10.5. The van der Waals surface area contributed by atoms with E-state index in [9.17, 15) is 9.90 Å². The van der Waals surface area contributed by atoms with E-state index in [-0.39, 0.29) is 18.2 Å². The average Bonchev–Trinajstić information content (AvgIpc) is 2.56. The maximum atomic E-state index is 11.7. The number of hydrazone groups is 1. The zero-order valence-corrected chi connectivity index (χ0v) is 14.0. The zero-order valence-electron chi connectivity index (χ0n) is 12.4. The summed E-state index contributed by atoms with van der Waals surface area (Å²) < 4.78 is 5.77. The molecule has 1 amide bonds. The summed E-state index contributed by atoms with van der Waals surface area (Å²) in [5, 5.41) is 16.8. The average molecular weight is 378 g/mol. The highest BCUT2D eigenvalue weighted by Crippen LogP contribution is 2.32. The Morgan fingerprint density at radius 2 is 2.09 bits per heavy atom. The van der Waals surface area contributed by atoms with Gasteiger partial charge in [-0.15, -0.1) is 0 Å². The topological polar surface area (TPSA) is 83.0 Å². The van der Waals surface area contributed by atoms with Gasteiger partial charge in [0.1, 0.15) is 0 Å². The van der Waals surface area contributed by atoms with E-state index in [2.05, 4.69) is 31.8 Å². The number of amides is 1. The molecule has 0 heterocycles. The van der Waals surface area contributed by atoms with Gasteiger partial charge in [0.15, 0.2) is 11.5 Å². The van der Waals surface area contributed by atoms with Gasteiger partial charge in [-0.2, -0.15) is 5.10 Å². The van der Waals surface area contributed by atoms with Crippen LogP contribution in [0, 0.1) is 0 Å². The molecule has 0 saturated carbocycles. The number of anilines is 1. The summed E-state index contributed by atoms with van der Waals surface area (Å²) >= 11 is 3.31. The van der Waals surface area contributed by atoms with E-state index in [1.807, 2.05) is 30.3 Å². The number of hydrogen-bond acceptors (Lipinski definition) is 5. The van der Waals surface area contributed by atoms with Crippen molar-refractivity contribution in [3.63, 3.8) is 0 Å². The van der Waals surface area contributed by atoms with Gasteiger partial charge in [0.2, 0.25) is 0 Å². The Morgan fingerprint density at radius 1 is 1.35 bits per heavy atom. The maximum Gasteiger partial charge on any atom is 0.259 e. The minimum atomic E-state index is -0.299. The summed E-state index contributed by atoms with van der Waals surface area (Å²) in [6, 6.07) is 12.7. The Morgan fingerprint density at radius 3 is 2.78 bits per heavy atom. The molecule has 0 spiro atoms. The smallest absolute Gasteiger partial charge is 0.259 e. The first-order valence-corrected chi connectivity index (χ1v) is 7.57. The van der Waals surface area contributed by atoms with Crippen LogP contribution in [0.5, 0.6) is 11.5 Å². The Balaban J connectivity index is 1.91. The molecular formula is C16H16BrN3O3. The number of ether oxygens (including phenoxy) is 1. The van der Waals surface area contributed by atoms with E-state index in [1.54, 1.807) is 12.1 Å². The number of benzene rings is 2. The number of halogens is 1. The molecular weight excluding hydrogens is 362 g/mol. The van der Waals surface area contributed by atoms with Gasteiger partial charge in [0.25, 0.3) is 5.91 Å². The van der Waals surface area contributed by atoms with Crippen LogP contribution in [0.2, 0.25) is 0 Å². The van der Waals surface area contributed by atoms with Crippen molar-refractivity contribution in [3.05, 3.63) is 52.5 Å². The molecule has 0 aliphatic heterocycles. The van der Waals surface area contributed by atoms with Crippen molar-refractivity contribution in [2.24, 2.45) is 5.10 Å². The number of carbonyl (C=O) groups is 1. The predicted molar refractivity (Wildman–Crippen MR) is 93.0 cm³/mol. The number of para-hydroxylation sites is 1. The monoisotopic (exact) mass is 377 g/mol. The Hall–Kier alpha value is -2.54. The van der Waals surface area contributed by atoms with E-state index in [0.29, 0.717) is 11.3 Å². The van der Waals surface area contributed by atoms with Crippen LogP contribution in [0.1, 0.15) is 5.56 Å². The fourth-order valence-corrected chi connectivity index (χ4v) is 2.25. The third kappa shape index (κ3) is 5.00. The number of phenols is 1. The third-order valence-electron chi connectivity index (χ3n) is 2.91. The minimum Gasteiger partial charge on any atom is -0.504 e. The lowest BCUT2D eigenvalue weighted by atomic mass is 10.2. The Labute approximate surface area is 142 Å². The number of aromatic hydroxyl groups is 1. The second kappa shape index (κ2) is 8.19. The summed E-state index contributed by atoms with van der Waals surface area (Å²) in [7, 11) is 1.46. The minimum absolute atomic E-state index is 0.0453. The van der Waals surface area contributed by atoms with Crippen molar-refractivity contribution < 1.29 is 14.6 Å². The highest BCUT2D eigenvalue weighted by Gasteiger charge is 2.08. The van der Waals surface area contributed by atoms with Crippen LogP contribution < -0.4 is 15.5 Å². The number of nitrogens with one attached hydrogen (secondary N) is 2. The molecule has 2 rings (SSSR count). The highest BCUT2D eigenvalue weighted by molar-refractivity contribution is 9.10. The van der Waals surface area contributed by atoms with Crippen molar-refractivity contribution in [2.75, 3.05) is 19.0 Å². The molecule has 0 bridgehead atoms. The van der Waals surface area contributed by atoms with Gasteiger partial charge in [0, 0.05) is 15.7 Å². The van der Waals surface area contributed by atoms with Crippen molar-refractivity contribution in [2.45, 2.75) is 0 Å². The van der Waals surface area contributed by atoms with Gasteiger partial charge in [0.05, 0.1) is 19.9 Å². The summed E-state index contributed by atoms with van der Waals surface area (Å²) in [5.41, 5.74) is 3.66. The first-order chi connectivity index (χ1) is 11.1. The first kappa shape index (κ1) is 16.8. The first-order valence-electron chi connectivity index (χ1n) is 6.77. The lowest BCUT2D eigenvalue weighted by Crippen LogP contribution is -2.25. The lowest BCUT2D eigenvalue weighted by Gasteiger charge is -2.07. The van der Waals surface area contributed by atoms with Gasteiger partial charge >= 0.3 is 0 Å². The molecule has 23 heavy (non-hydrogen) atoms. The second-order valence-electron chi connectivity index (χ2n) is 4.56. The molecule has 0 atom stereocenters. The van der Waals surface area contributed by atoms with Crippen molar-refractivity contribution in [1.82, 2.24) is 5.43 Å². The fraction of sp³-hybridized carbons (Fsp3) is 0.125. The number of rotatable bonds is 6. The molecule has 6 nitrogen and oxygen atoms in total. The van der Waals surface area contributed by atoms with E-state index >= 15 is 0 Å². The molecule has 0 aliphatic carbocycles. The van der Waals surface area contributed by atoms with E-state index in [4.69, 9.17) is 4.74 Å². The molecule has 0 aromatic heterocycles. The van der Waals surface area contributed by atoms with Gasteiger partial charge in [-0.25, -0.2) is 5.43 Å². The van der Waals surface area contributed by atoms with Crippen LogP contribution in [-0.2, 0) is 4.79 Å². The number of methoxy groups -OCH3 is 1. The SMILES string of the molecule is COc1cc(Br)cc(/C=N/NC(=O)CNc2ccccc2)c1O. The molecule has 7 heteroatoms. The summed E-state index contributed by atoms with van der Waals surface area (Å²) in [5.74, 6) is -0.0273. The van der Waals surface area contributed by atoms with Crippen molar-refractivity contribution in [1.29, 1.82) is 0 Å². The van der Waals surface area contributed by atoms with E-state index in [1.165, 1.54) is 13.3 Å². The van der Waals surface area contributed by atoms with Gasteiger partial charge in [-0.1, -0.05) is 34.1 Å². The van der Waals surface area contributed by atoms with Gasteiger partial charge in [-0.05, 0) is 24.3 Å². The molecule has 120 valence electrons. The second-order valence-corrected chi connectivity index (χ2v) is 5.47. The zero-order chi connectivity index (χ0) is 16.7. The molecule has 2 aromatic rings. The Bertz CT molecular complexity index is 705. The maximum absolute atomic E-state index is 11.7. The number of phenolic OH excluding ortho intramolecular Hbond substituents is 1. The van der Waals surface area contributed by atoms with Crippen LogP contribution in [0.25, 0.3) is 0 Å². The van der Waals surface area contributed by atoms with Crippen molar-refractivity contribution >= 4 is 33.7 Å². The molecule has 3 N–H and O–H groups in total. The molecule has 0 aliphatic rings. The van der Waals surface area contributed by atoms with Gasteiger partial charge < -0.3 is 15.2 Å². The highest BCUT2D eigenvalue weighted by atomic mass is 79.9. The molecule has 0 unspecified atom stereocenters. The largest absolute Gasteiger partial charge is 0.504 e. The summed E-state index contributed by atoms with van der Waals surface area (Å²) in [6.07, 6.45) is 1.35. The number of carbonyl (C=O) groups excluding carboxylic acids is 1. The summed E-state index contributed by atoms with van der Waals surface area (Å²) in [4.78, 5) is 11.7. The summed E-state index contributed by atoms with van der Waals surface area (Å²) in [6.45, 7) is 0.0924. The molecule has 2 aromatic carbocycles. The van der Waals surface area contributed by atoms with Crippen LogP contribution in [0.15, 0.2) is 52.0 Å². The quantitative estimate of drug-likeness (QED) is 0.533. The third-order valence-corrected chi connectivity index (χ3v) is 3.37. The Kier molecular flexibility index (Phi) is 5.99. The number of nitrogens with zero attached hydrogens (tertiary/aromatic N) is 1. The van der Waals surface area contributed by atoms with E-state index < -0.39 is 0 Å². The van der Waals surface area contributed by atoms with Gasteiger partial charge in [-0.3, -0.25) is 4.79 Å². The molecule has 0 radical (unpaired) electrons. The van der Waals surface area contributed by atoms with Crippen LogP contribution in [0.4, 0.5) is 5.69 Å². The standard InChI is InChI=1S/C16H16BrN3O3/c1-23-14-8-12(17)7-11(16(14)22)9-19-20-15(21)10-18-13-5-3-2-4-6-13/h2-9,18,22H,10H2,1H3,(H,20,21)/b19-9+.